The number of hydrogen-bond donors (Lipinski definition) is 2. The summed E-state index contributed by atoms with van der Waals surface area (Å²) in [6.07, 6.45) is 3.15. The number of carbonyl (C=O) groups is 1. The molecule has 2 aliphatic rings. The number of esters is 1. The minimum atomic E-state index is -0.304. The molecule has 0 aromatic carbocycles. The fraction of sp³-hybridized carbons (Fsp3) is 0.667. The molecule has 22 heavy (non-hydrogen) atoms. The Hall–Kier alpha value is -1.08. The second-order valence-corrected chi connectivity index (χ2v) is 5.88. The van der Waals surface area contributed by atoms with Crippen LogP contribution in [0.1, 0.15) is 22.5 Å². The van der Waals surface area contributed by atoms with E-state index in [0.29, 0.717) is 11.7 Å². The summed E-state index contributed by atoms with van der Waals surface area (Å²) in [6, 6.07) is 2.58. The molecule has 124 valence electrons. The first kappa shape index (κ1) is 17.3. The first-order chi connectivity index (χ1) is 10.3. The van der Waals surface area contributed by atoms with E-state index in [4.69, 9.17) is 4.74 Å². The van der Waals surface area contributed by atoms with Gasteiger partial charge in [-0.1, -0.05) is 0 Å². The SMILES string of the molecule is COC(=O)c1cc(CN2CCC(N3CCNCC3)C2)c[nH]1.Cl. The zero-order valence-corrected chi connectivity index (χ0v) is 13.8. The first-order valence-electron chi connectivity index (χ1n) is 7.69. The molecule has 3 rings (SSSR count). The van der Waals surface area contributed by atoms with Gasteiger partial charge in [-0.05, 0) is 18.1 Å². The largest absolute Gasteiger partial charge is 0.464 e. The van der Waals surface area contributed by atoms with E-state index in [2.05, 4.69) is 20.1 Å². The van der Waals surface area contributed by atoms with E-state index < -0.39 is 0 Å². The van der Waals surface area contributed by atoms with Crippen LogP contribution >= 0.6 is 12.4 Å². The Morgan fingerprint density at radius 1 is 1.36 bits per heavy atom. The molecule has 0 bridgehead atoms. The van der Waals surface area contributed by atoms with Crippen molar-refractivity contribution in [3.63, 3.8) is 0 Å². The summed E-state index contributed by atoms with van der Waals surface area (Å²) in [7, 11) is 1.40. The summed E-state index contributed by atoms with van der Waals surface area (Å²) < 4.78 is 4.72. The molecule has 0 radical (unpaired) electrons. The Morgan fingerprint density at radius 3 is 2.86 bits per heavy atom. The quantitative estimate of drug-likeness (QED) is 0.797. The number of rotatable bonds is 4. The molecule has 7 heteroatoms. The molecule has 0 amide bonds. The lowest BCUT2D eigenvalue weighted by molar-refractivity contribution is 0.0595. The Bertz CT molecular complexity index is 488. The number of likely N-dealkylation sites (tertiary alicyclic amines) is 1. The maximum atomic E-state index is 11.4. The van der Waals surface area contributed by atoms with E-state index in [1.54, 1.807) is 0 Å². The van der Waals surface area contributed by atoms with Gasteiger partial charge in [-0.3, -0.25) is 9.80 Å². The van der Waals surface area contributed by atoms with E-state index in [1.165, 1.54) is 13.5 Å². The molecule has 1 aromatic heterocycles. The molecule has 0 aliphatic carbocycles. The molecule has 2 saturated heterocycles. The minimum Gasteiger partial charge on any atom is -0.464 e. The molecule has 2 N–H and O–H groups in total. The van der Waals surface area contributed by atoms with E-state index in [1.807, 2.05) is 12.3 Å². The van der Waals surface area contributed by atoms with Crippen molar-refractivity contribution >= 4 is 18.4 Å². The fourth-order valence-electron chi connectivity index (χ4n) is 3.32. The third kappa shape index (κ3) is 4.01. The Balaban J connectivity index is 0.00000176. The second kappa shape index (κ2) is 7.97. The van der Waals surface area contributed by atoms with Gasteiger partial charge in [-0.25, -0.2) is 4.79 Å². The predicted octanol–water partition coefficient (Wildman–Crippen LogP) is 0.703. The van der Waals surface area contributed by atoms with E-state index >= 15 is 0 Å². The highest BCUT2D eigenvalue weighted by Gasteiger charge is 2.28. The molecule has 1 atom stereocenters. The van der Waals surface area contributed by atoms with E-state index in [-0.39, 0.29) is 18.4 Å². The number of carbonyl (C=O) groups excluding carboxylic acids is 1. The van der Waals surface area contributed by atoms with Gasteiger partial charge in [0.2, 0.25) is 0 Å². The van der Waals surface area contributed by atoms with Gasteiger partial charge >= 0.3 is 5.97 Å². The number of piperazine rings is 1. The zero-order valence-electron chi connectivity index (χ0n) is 13.0. The lowest BCUT2D eigenvalue weighted by Crippen LogP contribution is -2.49. The van der Waals surface area contributed by atoms with Crippen molar-refractivity contribution in [3.8, 4) is 0 Å². The number of halogens is 1. The van der Waals surface area contributed by atoms with Crippen LogP contribution in [-0.2, 0) is 11.3 Å². The van der Waals surface area contributed by atoms with Gasteiger partial charge in [-0.15, -0.1) is 12.4 Å². The lowest BCUT2D eigenvalue weighted by atomic mass is 10.2. The standard InChI is InChI=1S/C15H24N4O2.ClH/c1-21-15(20)14-8-12(9-17-14)10-18-5-2-13(11-18)19-6-3-16-4-7-19;/h8-9,13,16-17H,2-7,10-11H2,1H3;1H. The van der Waals surface area contributed by atoms with Crippen LogP contribution in [0.2, 0.25) is 0 Å². The molecule has 2 fully saturated rings. The summed E-state index contributed by atoms with van der Waals surface area (Å²) in [5.74, 6) is -0.304. The molecule has 0 spiro atoms. The van der Waals surface area contributed by atoms with Gasteiger partial charge < -0.3 is 15.0 Å². The summed E-state index contributed by atoms with van der Waals surface area (Å²) in [6.45, 7) is 7.69. The number of ether oxygens (including phenoxy) is 1. The van der Waals surface area contributed by atoms with Crippen LogP contribution < -0.4 is 5.32 Å². The van der Waals surface area contributed by atoms with Crippen molar-refractivity contribution in [3.05, 3.63) is 23.5 Å². The maximum Gasteiger partial charge on any atom is 0.354 e. The molecule has 3 heterocycles. The fourth-order valence-corrected chi connectivity index (χ4v) is 3.32. The van der Waals surface area contributed by atoms with Gasteiger partial charge in [0.1, 0.15) is 5.69 Å². The number of nitrogens with zero attached hydrogens (tertiary/aromatic N) is 2. The number of aromatic amines is 1. The Labute approximate surface area is 137 Å². The lowest BCUT2D eigenvalue weighted by Gasteiger charge is -2.32. The number of nitrogens with one attached hydrogen (secondary N) is 2. The van der Waals surface area contributed by atoms with Crippen molar-refractivity contribution < 1.29 is 9.53 Å². The van der Waals surface area contributed by atoms with Gasteiger partial charge in [0.25, 0.3) is 0 Å². The van der Waals surface area contributed by atoms with Crippen molar-refractivity contribution in [2.75, 3.05) is 46.4 Å². The number of hydrogen-bond acceptors (Lipinski definition) is 5. The average molecular weight is 329 g/mol. The topological polar surface area (TPSA) is 60.6 Å². The van der Waals surface area contributed by atoms with Crippen LogP contribution in [-0.4, -0.2) is 73.2 Å². The summed E-state index contributed by atoms with van der Waals surface area (Å²) in [5.41, 5.74) is 1.68. The van der Waals surface area contributed by atoms with Crippen LogP contribution in [0.5, 0.6) is 0 Å². The van der Waals surface area contributed by atoms with Crippen molar-refractivity contribution in [1.29, 1.82) is 0 Å². The third-order valence-corrected chi connectivity index (χ3v) is 4.47. The van der Waals surface area contributed by atoms with E-state index in [0.717, 1.165) is 51.4 Å². The van der Waals surface area contributed by atoms with Crippen LogP contribution in [0.15, 0.2) is 12.3 Å². The minimum absolute atomic E-state index is 0. The van der Waals surface area contributed by atoms with Gasteiger partial charge in [-0.2, -0.15) is 0 Å². The number of methoxy groups -OCH3 is 1. The highest BCUT2D eigenvalue weighted by atomic mass is 35.5. The predicted molar refractivity (Wildman–Crippen MR) is 87.5 cm³/mol. The van der Waals surface area contributed by atoms with Gasteiger partial charge in [0.05, 0.1) is 7.11 Å². The van der Waals surface area contributed by atoms with Gasteiger partial charge in [0, 0.05) is 58.1 Å². The molecule has 0 saturated carbocycles. The Morgan fingerprint density at radius 2 is 2.14 bits per heavy atom. The summed E-state index contributed by atoms with van der Waals surface area (Å²) in [4.78, 5) is 19.5. The van der Waals surface area contributed by atoms with Crippen molar-refractivity contribution in [2.45, 2.75) is 19.0 Å². The Kier molecular flexibility index (Phi) is 6.26. The highest BCUT2D eigenvalue weighted by molar-refractivity contribution is 5.87. The monoisotopic (exact) mass is 328 g/mol. The summed E-state index contributed by atoms with van der Waals surface area (Å²) >= 11 is 0. The molecule has 1 unspecified atom stereocenters. The second-order valence-electron chi connectivity index (χ2n) is 5.88. The van der Waals surface area contributed by atoms with Crippen LogP contribution in [0, 0.1) is 0 Å². The van der Waals surface area contributed by atoms with Crippen molar-refractivity contribution in [2.24, 2.45) is 0 Å². The molecule has 6 nitrogen and oxygen atoms in total. The normalized spacial score (nSPS) is 23.2. The van der Waals surface area contributed by atoms with Crippen LogP contribution in [0.25, 0.3) is 0 Å². The maximum absolute atomic E-state index is 11.4. The molecule has 1 aromatic rings. The van der Waals surface area contributed by atoms with Crippen LogP contribution in [0.4, 0.5) is 0 Å². The smallest absolute Gasteiger partial charge is 0.354 e. The third-order valence-electron chi connectivity index (χ3n) is 4.47. The summed E-state index contributed by atoms with van der Waals surface area (Å²) in [5, 5.41) is 3.40. The zero-order chi connectivity index (χ0) is 14.7. The first-order valence-corrected chi connectivity index (χ1v) is 7.69. The molecular formula is C15H25ClN4O2. The average Bonchev–Trinajstić information content (AvgIpc) is 3.17. The van der Waals surface area contributed by atoms with Crippen molar-refractivity contribution in [1.82, 2.24) is 20.1 Å². The highest BCUT2D eigenvalue weighted by Crippen LogP contribution is 2.19. The van der Waals surface area contributed by atoms with Gasteiger partial charge in [0.15, 0.2) is 0 Å². The number of aromatic nitrogens is 1. The number of H-pyrrole nitrogens is 1. The van der Waals surface area contributed by atoms with Crippen LogP contribution in [0.3, 0.4) is 0 Å². The van der Waals surface area contributed by atoms with E-state index in [9.17, 15) is 4.79 Å². The molecular weight excluding hydrogens is 304 g/mol. The molecule has 2 aliphatic heterocycles.